The molecule has 1 N–H and O–H groups in total. The lowest BCUT2D eigenvalue weighted by molar-refractivity contribution is -0.121. The zero-order valence-corrected chi connectivity index (χ0v) is 17.1. The summed E-state index contributed by atoms with van der Waals surface area (Å²) in [5.74, 6) is 0.909. The summed E-state index contributed by atoms with van der Waals surface area (Å²) >= 11 is 1.54. The van der Waals surface area contributed by atoms with Crippen LogP contribution in [0.3, 0.4) is 0 Å². The van der Waals surface area contributed by atoms with E-state index in [0.29, 0.717) is 11.7 Å². The predicted octanol–water partition coefficient (Wildman–Crippen LogP) is 4.22. The van der Waals surface area contributed by atoms with Crippen molar-refractivity contribution < 1.29 is 9.32 Å². The fourth-order valence-electron chi connectivity index (χ4n) is 2.45. The molecule has 0 fully saturated rings. The molecule has 3 aromatic rings. The topological polar surface area (TPSA) is 80.9 Å². The van der Waals surface area contributed by atoms with Gasteiger partial charge >= 0.3 is 0 Å². The van der Waals surface area contributed by atoms with E-state index in [1.54, 1.807) is 0 Å². The minimum atomic E-state index is -0.351. The Balaban J connectivity index is 1.61. The minimum Gasteiger partial charge on any atom is -0.344 e. The molecule has 3 rings (SSSR count). The molecular formula is C20H24N4O2S. The summed E-state index contributed by atoms with van der Waals surface area (Å²) in [6.45, 7) is 9.92. The van der Waals surface area contributed by atoms with Crippen molar-refractivity contribution in [3.05, 3.63) is 52.6 Å². The monoisotopic (exact) mass is 384 g/mol. The molecule has 6 nitrogen and oxygen atoms in total. The molecular weight excluding hydrogens is 360 g/mol. The summed E-state index contributed by atoms with van der Waals surface area (Å²) in [6, 6.07) is 7.85. The Labute approximate surface area is 163 Å². The molecule has 0 aliphatic carbocycles. The van der Waals surface area contributed by atoms with Gasteiger partial charge in [-0.05, 0) is 13.8 Å². The summed E-state index contributed by atoms with van der Waals surface area (Å²) in [7, 11) is 0. The number of carbonyl (C=O) groups is 1. The number of benzene rings is 1. The SMILES string of the molecule is Cc1ccc(-c2nc(CC(=O)N[C@@H](C)c3nc(C(C)(C)C)no3)cs2)cc1. The summed E-state index contributed by atoms with van der Waals surface area (Å²) < 4.78 is 5.29. The number of nitrogens with zero attached hydrogens (tertiary/aromatic N) is 3. The van der Waals surface area contributed by atoms with E-state index in [2.05, 4.69) is 39.5 Å². The summed E-state index contributed by atoms with van der Waals surface area (Å²) in [5.41, 5.74) is 2.82. The number of rotatable bonds is 5. The first-order chi connectivity index (χ1) is 12.7. The zero-order chi connectivity index (χ0) is 19.6. The molecule has 7 heteroatoms. The number of carbonyl (C=O) groups excluding carboxylic acids is 1. The quantitative estimate of drug-likeness (QED) is 0.712. The average Bonchev–Trinajstić information content (AvgIpc) is 3.24. The molecule has 1 atom stereocenters. The highest BCUT2D eigenvalue weighted by atomic mass is 32.1. The molecule has 1 amide bonds. The predicted molar refractivity (Wildman–Crippen MR) is 106 cm³/mol. The molecule has 0 radical (unpaired) electrons. The number of nitrogens with one attached hydrogen (secondary N) is 1. The molecule has 1 aromatic carbocycles. The maximum absolute atomic E-state index is 12.4. The normalized spacial score (nSPS) is 12.8. The molecule has 142 valence electrons. The highest BCUT2D eigenvalue weighted by Gasteiger charge is 2.24. The van der Waals surface area contributed by atoms with E-state index < -0.39 is 0 Å². The van der Waals surface area contributed by atoms with Crippen LogP contribution >= 0.6 is 11.3 Å². The van der Waals surface area contributed by atoms with Crippen LogP contribution in [-0.2, 0) is 16.6 Å². The molecule has 0 bridgehead atoms. The van der Waals surface area contributed by atoms with Crippen molar-refractivity contribution >= 4 is 17.2 Å². The van der Waals surface area contributed by atoms with Crippen molar-refractivity contribution in [2.45, 2.75) is 52.5 Å². The fourth-order valence-corrected chi connectivity index (χ4v) is 3.28. The second-order valence-electron chi connectivity index (χ2n) is 7.68. The summed E-state index contributed by atoms with van der Waals surface area (Å²) in [6.07, 6.45) is 0.215. The lowest BCUT2D eigenvalue weighted by atomic mass is 9.96. The second kappa shape index (κ2) is 7.60. The van der Waals surface area contributed by atoms with Crippen molar-refractivity contribution in [2.75, 3.05) is 0 Å². The van der Waals surface area contributed by atoms with Crippen molar-refractivity contribution in [1.29, 1.82) is 0 Å². The molecule has 2 aromatic heterocycles. The first-order valence-electron chi connectivity index (χ1n) is 8.87. The third-order valence-corrected chi connectivity index (χ3v) is 4.99. The van der Waals surface area contributed by atoms with Crippen LogP contribution in [0.1, 0.15) is 56.7 Å². The summed E-state index contributed by atoms with van der Waals surface area (Å²) in [4.78, 5) is 21.3. The third-order valence-electron chi connectivity index (χ3n) is 4.05. The van der Waals surface area contributed by atoms with E-state index in [0.717, 1.165) is 16.3 Å². The highest BCUT2D eigenvalue weighted by Crippen LogP contribution is 2.24. The van der Waals surface area contributed by atoms with E-state index in [-0.39, 0.29) is 23.8 Å². The van der Waals surface area contributed by atoms with Crippen LogP contribution in [0.15, 0.2) is 34.2 Å². The van der Waals surface area contributed by atoms with Gasteiger partial charge in [-0.15, -0.1) is 11.3 Å². The molecule has 0 aliphatic rings. The van der Waals surface area contributed by atoms with Gasteiger partial charge in [0, 0.05) is 16.4 Å². The first kappa shape index (κ1) is 19.2. The first-order valence-corrected chi connectivity index (χ1v) is 9.75. The summed E-state index contributed by atoms with van der Waals surface area (Å²) in [5, 5.41) is 9.73. The van der Waals surface area contributed by atoms with Crippen molar-refractivity contribution in [3.63, 3.8) is 0 Å². The van der Waals surface area contributed by atoms with Crippen LogP contribution < -0.4 is 5.32 Å². The van der Waals surface area contributed by atoms with Crippen LogP contribution in [0.4, 0.5) is 0 Å². The van der Waals surface area contributed by atoms with Gasteiger partial charge in [-0.1, -0.05) is 55.8 Å². The van der Waals surface area contributed by atoms with Gasteiger partial charge in [0.2, 0.25) is 11.8 Å². The van der Waals surface area contributed by atoms with Gasteiger partial charge in [-0.25, -0.2) is 4.98 Å². The standard InChI is InChI=1S/C20H24N4O2S/c1-12-6-8-14(9-7-12)18-22-15(11-27-18)10-16(25)21-13(2)17-23-19(24-26-17)20(3,4)5/h6-9,11,13H,10H2,1-5H3,(H,21,25)/t13-/m0/s1. The van der Waals surface area contributed by atoms with Crippen molar-refractivity contribution in [1.82, 2.24) is 20.4 Å². The molecule has 0 aliphatic heterocycles. The minimum absolute atomic E-state index is 0.126. The number of aromatic nitrogens is 3. The Morgan fingerprint density at radius 3 is 2.56 bits per heavy atom. The van der Waals surface area contributed by atoms with Crippen molar-refractivity contribution in [3.8, 4) is 10.6 Å². The van der Waals surface area contributed by atoms with Gasteiger partial charge in [-0.2, -0.15) is 4.98 Å². The van der Waals surface area contributed by atoms with Gasteiger partial charge in [0.1, 0.15) is 11.0 Å². The van der Waals surface area contributed by atoms with Gasteiger partial charge in [0.05, 0.1) is 12.1 Å². The Morgan fingerprint density at radius 2 is 1.93 bits per heavy atom. The molecule has 27 heavy (non-hydrogen) atoms. The number of hydrogen-bond donors (Lipinski definition) is 1. The second-order valence-corrected chi connectivity index (χ2v) is 8.54. The fraction of sp³-hybridized carbons (Fsp3) is 0.400. The smallest absolute Gasteiger partial charge is 0.248 e. The Kier molecular flexibility index (Phi) is 5.41. The number of amides is 1. The molecule has 0 unspecified atom stereocenters. The molecule has 0 spiro atoms. The maximum atomic E-state index is 12.4. The Morgan fingerprint density at radius 1 is 1.22 bits per heavy atom. The van der Waals surface area contributed by atoms with E-state index in [1.807, 2.05) is 45.2 Å². The van der Waals surface area contributed by atoms with E-state index >= 15 is 0 Å². The van der Waals surface area contributed by atoms with Crippen LogP contribution in [-0.4, -0.2) is 21.0 Å². The van der Waals surface area contributed by atoms with Crippen LogP contribution in [0.25, 0.3) is 10.6 Å². The zero-order valence-electron chi connectivity index (χ0n) is 16.2. The maximum Gasteiger partial charge on any atom is 0.248 e. The van der Waals surface area contributed by atoms with Gasteiger partial charge in [0.25, 0.3) is 0 Å². The van der Waals surface area contributed by atoms with Crippen LogP contribution in [0.2, 0.25) is 0 Å². The van der Waals surface area contributed by atoms with E-state index in [1.165, 1.54) is 16.9 Å². The van der Waals surface area contributed by atoms with E-state index in [4.69, 9.17) is 4.52 Å². The number of hydrogen-bond acceptors (Lipinski definition) is 6. The van der Waals surface area contributed by atoms with Crippen LogP contribution in [0.5, 0.6) is 0 Å². The number of thiazole rings is 1. The molecule has 2 heterocycles. The Bertz CT molecular complexity index is 922. The lowest BCUT2D eigenvalue weighted by Crippen LogP contribution is -2.28. The largest absolute Gasteiger partial charge is 0.344 e. The number of aryl methyl sites for hydroxylation is 1. The highest BCUT2D eigenvalue weighted by molar-refractivity contribution is 7.13. The van der Waals surface area contributed by atoms with Gasteiger partial charge < -0.3 is 9.84 Å². The van der Waals surface area contributed by atoms with E-state index in [9.17, 15) is 4.79 Å². The third kappa shape index (κ3) is 4.80. The van der Waals surface area contributed by atoms with Gasteiger partial charge in [-0.3, -0.25) is 4.79 Å². The Hall–Kier alpha value is -2.54. The van der Waals surface area contributed by atoms with Crippen LogP contribution in [0, 0.1) is 6.92 Å². The molecule has 0 saturated heterocycles. The average molecular weight is 385 g/mol. The van der Waals surface area contributed by atoms with Crippen molar-refractivity contribution in [2.24, 2.45) is 0 Å². The van der Waals surface area contributed by atoms with Gasteiger partial charge in [0.15, 0.2) is 5.82 Å². The lowest BCUT2D eigenvalue weighted by Gasteiger charge is -2.11. The molecule has 0 saturated carbocycles.